The molecule has 136 valence electrons. The molecule has 0 bridgehead atoms. The summed E-state index contributed by atoms with van der Waals surface area (Å²) in [5.74, 6) is 0.515. The van der Waals surface area contributed by atoms with Crippen molar-refractivity contribution in [3.05, 3.63) is 57.6 Å². The van der Waals surface area contributed by atoms with Crippen molar-refractivity contribution in [3.63, 3.8) is 0 Å². The predicted molar refractivity (Wildman–Crippen MR) is 101 cm³/mol. The van der Waals surface area contributed by atoms with Gasteiger partial charge in [0.1, 0.15) is 0 Å². The molecule has 0 heterocycles. The monoisotopic (exact) mass is 392 g/mol. The zero-order chi connectivity index (χ0) is 19.1. The number of carbonyl (C=O) groups excluding carboxylic acids is 1. The quantitative estimate of drug-likeness (QED) is 0.751. The lowest BCUT2D eigenvalue weighted by Gasteiger charge is -2.17. The Morgan fingerprint density at radius 1 is 1.19 bits per heavy atom. The second-order valence-corrected chi connectivity index (χ2v) is 6.29. The Hall–Kier alpha value is -2.42. The van der Waals surface area contributed by atoms with Crippen LogP contribution in [0.1, 0.15) is 31.0 Å². The number of hydrogen-bond donors (Lipinski definition) is 1. The summed E-state index contributed by atoms with van der Waals surface area (Å²) < 4.78 is 11.0. The van der Waals surface area contributed by atoms with Gasteiger partial charge in [0, 0.05) is 16.1 Å². The van der Waals surface area contributed by atoms with Crippen LogP contribution < -0.4 is 14.8 Å². The number of benzene rings is 2. The van der Waals surface area contributed by atoms with Crippen LogP contribution >= 0.6 is 23.2 Å². The molecule has 2 rings (SSSR count). The highest BCUT2D eigenvalue weighted by molar-refractivity contribution is 6.35. The Morgan fingerprint density at radius 3 is 2.62 bits per heavy atom. The summed E-state index contributed by atoms with van der Waals surface area (Å²) in [4.78, 5) is 12.2. The minimum Gasteiger partial charge on any atom is -0.490 e. The van der Waals surface area contributed by atoms with Crippen LogP contribution in [0.15, 0.2) is 36.4 Å². The molecule has 1 N–H and O–H groups in total. The maximum absolute atomic E-state index is 12.2. The van der Waals surface area contributed by atoms with E-state index in [9.17, 15) is 4.79 Å². The van der Waals surface area contributed by atoms with Gasteiger partial charge < -0.3 is 14.8 Å². The predicted octanol–water partition coefficient (Wildman–Crippen LogP) is 4.52. The first-order chi connectivity index (χ1) is 12.4. The lowest BCUT2D eigenvalue weighted by Crippen LogP contribution is -2.31. The van der Waals surface area contributed by atoms with Crippen molar-refractivity contribution in [1.82, 2.24) is 5.32 Å². The molecule has 0 fully saturated rings. The van der Waals surface area contributed by atoms with Crippen LogP contribution in [0.2, 0.25) is 10.0 Å². The fraction of sp³-hybridized carbons (Fsp3) is 0.263. The maximum Gasteiger partial charge on any atom is 0.258 e. The van der Waals surface area contributed by atoms with Crippen LogP contribution in [-0.4, -0.2) is 19.1 Å². The third-order valence-corrected chi connectivity index (χ3v) is 4.10. The molecule has 7 heteroatoms. The molecule has 0 aliphatic rings. The van der Waals surface area contributed by atoms with Crippen molar-refractivity contribution in [2.75, 3.05) is 13.2 Å². The van der Waals surface area contributed by atoms with E-state index in [1.165, 1.54) is 0 Å². The van der Waals surface area contributed by atoms with Gasteiger partial charge in [-0.15, -0.1) is 0 Å². The highest BCUT2D eigenvalue weighted by atomic mass is 35.5. The summed E-state index contributed by atoms with van der Waals surface area (Å²) in [6, 6.07) is 11.6. The van der Waals surface area contributed by atoms with Crippen LogP contribution in [0.4, 0.5) is 0 Å². The van der Waals surface area contributed by atoms with Gasteiger partial charge in [-0.2, -0.15) is 5.26 Å². The van der Waals surface area contributed by atoms with Gasteiger partial charge in [-0.25, -0.2) is 0 Å². The minimum atomic E-state index is -0.310. The van der Waals surface area contributed by atoms with Crippen LogP contribution in [-0.2, 0) is 4.79 Å². The van der Waals surface area contributed by atoms with Crippen molar-refractivity contribution in [1.29, 1.82) is 5.26 Å². The molecule has 0 unspecified atom stereocenters. The van der Waals surface area contributed by atoms with Crippen LogP contribution in [0.5, 0.6) is 11.5 Å². The van der Waals surface area contributed by atoms with Gasteiger partial charge in [-0.05, 0) is 43.7 Å². The summed E-state index contributed by atoms with van der Waals surface area (Å²) in [5, 5.41) is 12.8. The van der Waals surface area contributed by atoms with E-state index < -0.39 is 0 Å². The minimum absolute atomic E-state index is 0.193. The van der Waals surface area contributed by atoms with E-state index in [1.807, 2.05) is 19.9 Å². The van der Waals surface area contributed by atoms with E-state index in [0.29, 0.717) is 33.7 Å². The molecular weight excluding hydrogens is 375 g/mol. The molecule has 0 aliphatic carbocycles. The lowest BCUT2D eigenvalue weighted by atomic mass is 10.1. The number of hydrogen-bond acceptors (Lipinski definition) is 4. The molecule has 2 aromatic rings. The Balaban J connectivity index is 1.99. The van der Waals surface area contributed by atoms with E-state index in [4.69, 9.17) is 37.9 Å². The SMILES string of the molecule is CCOc1cc(C#N)ccc1OCC(=O)N[C@H](C)c1ccc(Cl)cc1Cl. The smallest absolute Gasteiger partial charge is 0.258 e. The first-order valence-electron chi connectivity index (χ1n) is 7.98. The number of nitrogens with zero attached hydrogens (tertiary/aromatic N) is 1. The molecule has 5 nitrogen and oxygen atoms in total. The molecule has 0 aromatic heterocycles. The number of carbonyl (C=O) groups is 1. The van der Waals surface area contributed by atoms with Crippen molar-refractivity contribution in [2.45, 2.75) is 19.9 Å². The normalized spacial score (nSPS) is 11.3. The van der Waals surface area contributed by atoms with Gasteiger partial charge in [0.15, 0.2) is 18.1 Å². The van der Waals surface area contributed by atoms with Gasteiger partial charge in [-0.3, -0.25) is 4.79 Å². The molecule has 0 radical (unpaired) electrons. The average molecular weight is 393 g/mol. The Kier molecular flexibility index (Phi) is 7.14. The number of ether oxygens (including phenoxy) is 2. The lowest BCUT2D eigenvalue weighted by molar-refractivity contribution is -0.123. The van der Waals surface area contributed by atoms with Crippen LogP contribution in [0.3, 0.4) is 0 Å². The number of rotatable bonds is 7. The van der Waals surface area contributed by atoms with E-state index in [1.54, 1.807) is 36.4 Å². The first-order valence-corrected chi connectivity index (χ1v) is 8.74. The van der Waals surface area contributed by atoms with Crippen LogP contribution in [0.25, 0.3) is 0 Å². The summed E-state index contributed by atoms with van der Waals surface area (Å²) in [5.41, 5.74) is 1.22. The topological polar surface area (TPSA) is 71.3 Å². The number of halogens is 2. The fourth-order valence-electron chi connectivity index (χ4n) is 2.32. The molecule has 26 heavy (non-hydrogen) atoms. The molecule has 0 saturated heterocycles. The van der Waals surface area contributed by atoms with Gasteiger partial charge in [-0.1, -0.05) is 29.3 Å². The average Bonchev–Trinajstić information content (AvgIpc) is 2.60. The number of amides is 1. The van der Waals surface area contributed by atoms with E-state index in [2.05, 4.69) is 5.32 Å². The van der Waals surface area contributed by atoms with Gasteiger partial charge in [0.2, 0.25) is 0 Å². The van der Waals surface area contributed by atoms with Gasteiger partial charge >= 0.3 is 0 Å². The highest BCUT2D eigenvalue weighted by Gasteiger charge is 2.14. The standard InChI is InChI=1S/C19H18Cl2N2O3/c1-3-25-18-8-13(10-22)4-7-17(18)26-11-19(24)23-12(2)15-6-5-14(20)9-16(15)21/h4-9,12H,3,11H2,1-2H3,(H,23,24)/t12-/m1/s1. The summed E-state index contributed by atoms with van der Waals surface area (Å²) in [6.45, 7) is 3.87. The van der Waals surface area contributed by atoms with Crippen molar-refractivity contribution < 1.29 is 14.3 Å². The van der Waals surface area contributed by atoms with E-state index >= 15 is 0 Å². The van der Waals surface area contributed by atoms with Crippen molar-refractivity contribution in [3.8, 4) is 17.6 Å². The fourth-order valence-corrected chi connectivity index (χ4v) is 2.89. The second kappa shape index (κ2) is 9.33. The number of nitrogens with one attached hydrogen (secondary N) is 1. The van der Waals surface area contributed by atoms with Crippen LogP contribution in [0, 0.1) is 11.3 Å². The molecule has 0 spiro atoms. The number of nitriles is 1. The zero-order valence-corrected chi connectivity index (χ0v) is 15.9. The third-order valence-electron chi connectivity index (χ3n) is 3.54. The first kappa shape index (κ1) is 19.9. The highest BCUT2D eigenvalue weighted by Crippen LogP contribution is 2.29. The molecule has 0 saturated carbocycles. The van der Waals surface area contributed by atoms with E-state index in [0.717, 1.165) is 5.56 Å². The Morgan fingerprint density at radius 2 is 1.96 bits per heavy atom. The molecule has 1 atom stereocenters. The zero-order valence-electron chi connectivity index (χ0n) is 14.4. The summed E-state index contributed by atoms with van der Waals surface area (Å²) >= 11 is 12.0. The summed E-state index contributed by atoms with van der Waals surface area (Å²) in [6.07, 6.45) is 0. The van der Waals surface area contributed by atoms with E-state index in [-0.39, 0.29) is 18.6 Å². The Labute approximate surface area is 162 Å². The Bertz CT molecular complexity index is 834. The molecular formula is C19H18Cl2N2O3. The maximum atomic E-state index is 12.2. The summed E-state index contributed by atoms with van der Waals surface area (Å²) in [7, 11) is 0. The van der Waals surface area contributed by atoms with Gasteiger partial charge in [0.25, 0.3) is 5.91 Å². The second-order valence-electron chi connectivity index (χ2n) is 5.45. The largest absolute Gasteiger partial charge is 0.490 e. The molecule has 1 amide bonds. The molecule has 0 aliphatic heterocycles. The van der Waals surface area contributed by atoms with Gasteiger partial charge in [0.05, 0.1) is 24.3 Å². The molecule has 2 aromatic carbocycles. The third kappa shape index (κ3) is 5.29. The van der Waals surface area contributed by atoms with Crippen molar-refractivity contribution in [2.24, 2.45) is 0 Å². The van der Waals surface area contributed by atoms with Crippen molar-refractivity contribution >= 4 is 29.1 Å².